The first-order valence-electron chi connectivity index (χ1n) is 7.97. The second-order valence-corrected chi connectivity index (χ2v) is 6.47. The molecule has 2 N–H and O–H groups in total. The van der Waals surface area contributed by atoms with Crippen molar-refractivity contribution in [1.29, 1.82) is 0 Å². The number of rotatable bonds is 4. The lowest BCUT2D eigenvalue weighted by Gasteiger charge is -2.14. The molecule has 0 amide bonds. The van der Waals surface area contributed by atoms with Crippen LogP contribution in [-0.4, -0.2) is 0 Å². The maximum absolute atomic E-state index is 6.44. The Kier molecular flexibility index (Phi) is 4.77. The van der Waals surface area contributed by atoms with Crippen LogP contribution in [0.1, 0.15) is 25.3 Å². The molecular weight excluding hydrogens is 318 g/mol. The van der Waals surface area contributed by atoms with Gasteiger partial charge in [-0.3, -0.25) is 0 Å². The molecule has 0 aliphatic carbocycles. The van der Waals surface area contributed by atoms with Crippen LogP contribution >= 0.6 is 11.6 Å². The van der Waals surface area contributed by atoms with Gasteiger partial charge in [0.1, 0.15) is 11.5 Å². The van der Waals surface area contributed by atoms with Gasteiger partial charge in [-0.15, -0.1) is 0 Å². The first-order chi connectivity index (χ1) is 11.5. The summed E-state index contributed by atoms with van der Waals surface area (Å²) in [5, 5.41) is 0.586. The topological polar surface area (TPSA) is 35.2 Å². The Morgan fingerprint density at radius 3 is 2.29 bits per heavy atom. The van der Waals surface area contributed by atoms with E-state index in [2.05, 4.69) is 32.0 Å². The average molecular weight is 338 g/mol. The van der Waals surface area contributed by atoms with Crippen molar-refractivity contribution in [3.8, 4) is 22.6 Å². The standard InChI is InChI=1S/C21H20ClNO/c1-14(2)18-5-3-4-6-19(18)15-7-12-21(20(22)13-15)24-17-10-8-16(23)9-11-17/h3-14H,23H2,1-2H3. The van der Waals surface area contributed by atoms with E-state index < -0.39 is 0 Å². The smallest absolute Gasteiger partial charge is 0.146 e. The van der Waals surface area contributed by atoms with Gasteiger partial charge in [0.05, 0.1) is 5.02 Å². The van der Waals surface area contributed by atoms with Crippen LogP contribution in [0.15, 0.2) is 66.7 Å². The maximum Gasteiger partial charge on any atom is 0.146 e. The SMILES string of the molecule is CC(C)c1ccccc1-c1ccc(Oc2ccc(N)cc2)c(Cl)c1. The van der Waals surface area contributed by atoms with Gasteiger partial charge in [-0.05, 0) is 59.0 Å². The third kappa shape index (κ3) is 3.55. The minimum Gasteiger partial charge on any atom is -0.456 e. The summed E-state index contributed by atoms with van der Waals surface area (Å²) in [6.07, 6.45) is 0. The number of halogens is 1. The van der Waals surface area contributed by atoms with E-state index >= 15 is 0 Å². The van der Waals surface area contributed by atoms with Crippen LogP contribution in [0.25, 0.3) is 11.1 Å². The quantitative estimate of drug-likeness (QED) is 0.551. The first kappa shape index (κ1) is 16.4. The van der Waals surface area contributed by atoms with E-state index in [1.807, 2.05) is 36.4 Å². The lowest BCUT2D eigenvalue weighted by molar-refractivity contribution is 0.483. The van der Waals surface area contributed by atoms with Gasteiger partial charge >= 0.3 is 0 Å². The summed E-state index contributed by atoms with van der Waals surface area (Å²) in [6, 6.07) is 21.6. The molecule has 3 aromatic rings. The van der Waals surface area contributed by atoms with Crippen LogP contribution in [0, 0.1) is 0 Å². The van der Waals surface area contributed by atoms with Gasteiger partial charge in [-0.2, -0.15) is 0 Å². The molecular formula is C21H20ClNO. The Labute approximate surface area is 147 Å². The number of hydrogen-bond donors (Lipinski definition) is 1. The predicted octanol–water partition coefficient (Wildman–Crippen LogP) is 6.50. The average Bonchev–Trinajstić information content (AvgIpc) is 2.58. The van der Waals surface area contributed by atoms with Crippen LogP contribution in [-0.2, 0) is 0 Å². The summed E-state index contributed by atoms with van der Waals surface area (Å²) in [6.45, 7) is 4.39. The van der Waals surface area contributed by atoms with E-state index in [0.29, 0.717) is 28.1 Å². The molecule has 122 valence electrons. The summed E-state index contributed by atoms with van der Waals surface area (Å²) < 4.78 is 5.85. The number of ether oxygens (including phenoxy) is 1. The zero-order valence-electron chi connectivity index (χ0n) is 13.8. The monoisotopic (exact) mass is 337 g/mol. The van der Waals surface area contributed by atoms with Gasteiger partial charge < -0.3 is 10.5 Å². The third-order valence-corrected chi connectivity index (χ3v) is 4.23. The number of hydrogen-bond acceptors (Lipinski definition) is 2. The molecule has 0 aromatic heterocycles. The molecule has 0 heterocycles. The summed E-state index contributed by atoms with van der Waals surface area (Å²) in [5.74, 6) is 1.79. The fraction of sp³-hybridized carbons (Fsp3) is 0.143. The van der Waals surface area contributed by atoms with Crippen molar-refractivity contribution in [3.05, 3.63) is 77.3 Å². The van der Waals surface area contributed by atoms with Crippen molar-refractivity contribution < 1.29 is 4.74 Å². The first-order valence-corrected chi connectivity index (χ1v) is 8.34. The molecule has 3 aromatic carbocycles. The van der Waals surface area contributed by atoms with Gasteiger partial charge in [0, 0.05) is 5.69 Å². The number of benzene rings is 3. The Morgan fingerprint density at radius 2 is 1.62 bits per heavy atom. The van der Waals surface area contributed by atoms with E-state index in [4.69, 9.17) is 22.1 Å². The molecule has 3 rings (SSSR count). The second-order valence-electron chi connectivity index (χ2n) is 6.06. The van der Waals surface area contributed by atoms with Crippen LogP contribution in [0.5, 0.6) is 11.5 Å². The Balaban J connectivity index is 1.92. The Hall–Kier alpha value is -2.45. The number of anilines is 1. The highest BCUT2D eigenvalue weighted by atomic mass is 35.5. The van der Waals surface area contributed by atoms with Crippen molar-refractivity contribution in [2.24, 2.45) is 0 Å². The minimum atomic E-state index is 0.450. The maximum atomic E-state index is 6.44. The molecule has 0 atom stereocenters. The Morgan fingerprint density at radius 1 is 0.917 bits per heavy atom. The highest BCUT2D eigenvalue weighted by molar-refractivity contribution is 6.32. The third-order valence-electron chi connectivity index (χ3n) is 3.93. The summed E-state index contributed by atoms with van der Waals surface area (Å²) >= 11 is 6.44. The van der Waals surface area contributed by atoms with E-state index in [-0.39, 0.29) is 0 Å². The second kappa shape index (κ2) is 6.98. The van der Waals surface area contributed by atoms with Crippen LogP contribution in [0.2, 0.25) is 5.02 Å². The zero-order chi connectivity index (χ0) is 17.1. The lowest BCUT2D eigenvalue weighted by Crippen LogP contribution is -1.92. The zero-order valence-corrected chi connectivity index (χ0v) is 14.5. The van der Waals surface area contributed by atoms with Gasteiger partial charge in [0.15, 0.2) is 0 Å². The molecule has 24 heavy (non-hydrogen) atoms. The molecule has 0 spiro atoms. The lowest BCUT2D eigenvalue weighted by atomic mass is 9.93. The van der Waals surface area contributed by atoms with Gasteiger partial charge in [-0.1, -0.05) is 55.8 Å². The van der Waals surface area contributed by atoms with Gasteiger partial charge in [0.25, 0.3) is 0 Å². The highest BCUT2D eigenvalue weighted by Crippen LogP contribution is 2.36. The van der Waals surface area contributed by atoms with E-state index in [9.17, 15) is 0 Å². The molecule has 0 aliphatic rings. The van der Waals surface area contributed by atoms with Crippen molar-refractivity contribution in [3.63, 3.8) is 0 Å². The summed E-state index contributed by atoms with van der Waals surface area (Å²) in [7, 11) is 0. The number of nitrogens with two attached hydrogens (primary N) is 1. The van der Waals surface area contributed by atoms with Crippen LogP contribution in [0.3, 0.4) is 0 Å². The molecule has 0 saturated carbocycles. The van der Waals surface area contributed by atoms with Gasteiger partial charge in [-0.25, -0.2) is 0 Å². The van der Waals surface area contributed by atoms with Crippen molar-refractivity contribution >= 4 is 17.3 Å². The fourth-order valence-electron chi connectivity index (χ4n) is 2.68. The molecule has 0 saturated heterocycles. The fourth-order valence-corrected chi connectivity index (χ4v) is 2.90. The van der Waals surface area contributed by atoms with Gasteiger partial charge in [0.2, 0.25) is 0 Å². The molecule has 0 aliphatic heterocycles. The summed E-state index contributed by atoms with van der Waals surface area (Å²) in [4.78, 5) is 0. The number of nitrogen functional groups attached to an aromatic ring is 1. The van der Waals surface area contributed by atoms with E-state index in [1.165, 1.54) is 11.1 Å². The Bertz CT molecular complexity index is 841. The molecule has 0 unspecified atom stereocenters. The van der Waals surface area contributed by atoms with E-state index in [0.717, 1.165) is 5.56 Å². The highest BCUT2D eigenvalue weighted by Gasteiger charge is 2.11. The van der Waals surface area contributed by atoms with Crippen molar-refractivity contribution in [2.45, 2.75) is 19.8 Å². The van der Waals surface area contributed by atoms with Crippen LogP contribution < -0.4 is 10.5 Å². The molecule has 0 radical (unpaired) electrons. The molecule has 0 bridgehead atoms. The largest absolute Gasteiger partial charge is 0.456 e. The normalized spacial score (nSPS) is 10.8. The molecule has 3 heteroatoms. The van der Waals surface area contributed by atoms with Crippen LogP contribution in [0.4, 0.5) is 5.69 Å². The van der Waals surface area contributed by atoms with E-state index in [1.54, 1.807) is 12.1 Å². The molecule has 2 nitrogen and oxygen atoms in total. The van der Waals surface area contributed by atoms with Crippen molar-refractivity contribution in [2.75, 3.05) is 5.73 Å². The predicted molar refractivity (Wildman–Crippen MR) is 102 cm³/mol. The van der Waals surface area contributed by atoms with Crippen molar-refractivity contribution in [1.82, 2.24) is 0 Å². The summed E-state index contributed by atoms with van der Waals surface area (Å²) in [5.41, 5.74) is 9.99. The molecule has 0 fully saturated rings. The minimum absolute atomic E-state index is 0.450.